The van der Waals surface area contributed by atoms with Crippen LogP contribution in [0.5, 0.6) is 5.75 Å². The van der Waals surface area contributed by atoms with Crippen molar-refractivity contribution in [3.8, 4) is 5.75 Å². The Bertz CT molecular complexity index is 603. The largest absolute Gasteiger partial charge is 0.508 e. The molecule has 0 aliphatic carbocycles. The van der Waals surface area contributed by atoms with Gasteiger partial charge < -0.3 is 5.11 Å². The Hall–Kier alpha value is -2.13. The van der Waals surface area contributed by atoms with E-state index in [-0.39, 0.29) is 16.9 Å². The van der Waals surface area contributed by atoms with E-state index < -0.39 is 11.6 Å². The number of rotatable bonds is 3. The first kappa shape index (κ1) is 12.3. The van der Waals surface area contributed by atoms with E-state index in [1.54, 1.807) is 12.1 Å². The third-order valence-corrected chi connectivity index (χ3v) is 2.66. The average Bonchev–Trinajstić information content (AvgIpc) is 2.38. The molecule has 0 radical (unpaired) electrons. The number of hydrogen-bond acceptors (Lipinski definition) is 3. The summed E-state index contributed by atoms with van der Waals surface area (Å²) >= 11 is 5.76. The topological polar surface area (TPSA) is 54.4 Å². The smallest absolute Gasteiger partial charge is 0.233 e. The number of benzene rings is 2. The number of carbonyl (C=O) groups is 2. The summed E-state index contributed by atoms with van der Waals surface area (Å²) in [5.74, 6) is -1.21. The zero-order valence-electron chi connectivity index (χ0n) is 9.26. The molecule has 0 unspecified atom stereocenters. The van der Waals surface area contributed by atoms with Crippen LogP contribution in [-0.4, -0.2) is 16.7 Å². The molecular weight excluding hydrogens is 252 g/mol. The van der Waals surface area contributed by atoms with Gasteiger partial charge in [0.25, 0.3) is 0 Å². The summed E-state index contributed by atoms with van der Waals surface area (Å²) in [4.78, 5) is 23.8. The monoisotopic (exact) mass is 260 g/mol. The summed E-state index contributed by atoms with van der Waals surface area (Å²) < 4.78 is 0. The number of hydrogen-bond donors (Lipinski definition) is 1. The fourth-order valence-corrected chi connectivity index (χ4v) is 1.70. The van der Waals surface area contributed by atoms with Gasteiger partial charge in [0, 0.05) is 16.1 Å². The van der Waals surface area contributed by atoms with E-state index in [9.17, 15) is 9.59 Å². The SMILES string of the molecule is O=C(C(=O)c1cccc(Cl)c1)c1ccc(O)cc1. The highest BCUT2D eigenvalue weighted by Crippen LogP contribution is 2.15. The Morgan fingerprint density at radius 3 is 2.11 bits per heavy atom. The number of phenolic OH excluding ortho intramolecular Hbond substituents is 1. The molecule has 0 aromatic heterocycles. The van der Waals surface area contributed by atoms with E-state index in [1.807, 2.05) is 0 Å². The van der Waals surface area contributed by atoms with Crippen molar-refractivity contribution < 1.29 is 14.7 Å². The van der Waals surface area contributed by atoms with Crippen LogP contribution in [0.2, 0.25) is 5.02 Å². The Balaban J connectivity index is 2.29. The minimum Gasteiger partial charge on any atom is -0.508 e. The van der Waals surface area contributed by atoms with Crippen molar-refractivity contribution in [1.29, 1.82) is 0 Å². The van der Waals surface area contributed by atoms with Crippen LogP contribution in [0.1, 0.15) is 20.7 Å². The predicted octanol–water partition coefficient (Wildman–Crippen LogP) is 3.11. The van der Waals surface area contributed by atoms with Gasteiger partial charge in [-0.1, -0.05) is 23.7 Å². The molecule has 4 heteroatoms. The quantitative estimate of drug-likeness (QED) is 0.681. The number of halogens is 1. The zero-order chi connectivity index (χ0) is 13.1. The number of ketones is 2. The zero-order valence-corrected chi connectivity index (χ0v) is 10.0. The molecule has 1 N–H and O–H groups in total. The fraction of sp³-hybridized carbons (Fsp3) is 0. The summed E-state index contributed by atoms with van der Waals surface area (Å²) in [6, 6.07) is 11.7. The minimum atomic E-state index is -0.628. The van der Waals surface area contributed by atoms with Crippen LogP contribution in [0.4, 0.5) is 0 Å². The summed E-state index contributed by atoms with van der Waals surface area (Å²) in [6.07, 6.45) is 0. The maximum atomic E-state index is 11.9. The molecule has 0 spiro atoms. The second-order valence-electron chi connectivity index (χ2n) is 3.72. The molecule has 0 fully saturated rings. The minimum absolute atomic E-state index is 0.0433. The molecular formula is C14H9ClO3. The van der Waals surface area contributed by atoms with Crippen LogP contribution in [0.15, 0.2) is 48.5 Å². The van der Waals surface area contributed by atoms with Gasteiger partial charge >= 0.3 is 0 Å². The molecule has 0 atom stereocenters. The second-order valence-corrected chi connectivity index (χ2v) is 4.15. The molecule has 0 heterocycles. The van der Waals surface area contributed by atoms with Crippen LogP contribution in [0, 0.1) is 0 Å². The third kappa shape index (κ3) is 2.57. The summed E-state index contributed by atoms with van der Waals surface area (Å²) in [5, 5.41) is 9.52. The normalized spacial score (nSPS) is 10.1. The molecule has 2 aromatic rings. The van der Waals surface area contributed by atoms with Crippen molar-refractivity contribution in [2.75, 3.05) is 0 Å². The molecule has 0 amide bonds. The first-order valence-corrected chi connectivity index (χ1v) is 5.59. The van der Waals surface area contributed by atoms with E-state index >= 15 is 0 Å². The lowest BCUT2D eigenvalue weighted by Gasteiger charge is -2.01. The highest BCUT2D eigenvalue weighted by molar-refractivity contribution is 6.49. The van der Waals surface area contributed by atoms with Gasteiger partial charge in [-0.2, -0.15) is 0 Å². The number of carbonyl (C=O) groups excluding carboxylic acids is 2. The van der Waals surface area contributed by atoms with Crippen LogP contribution in [0.3, 0.4) is 0 Å². The van der Waals surface area contributed by atoms with Crippen molar-refractivity contribution in [1.82, 2.24) is 0 Å². The van der Waals surface area contributed by atoms with Gasteiger partial charge in [-0.3, -0.25) is 9.59 Å². The van der Waals surface area contributed by atoms with Crippen molar-refractivity contribution in [2.45, 2.75) is 0 Å². The lowest BCUT2D eigenvalue weighted by atomic mass is 10.0. The highest BCUT2D eigenvalue weighted by Gasteiger charge is 2.18. The second kappa shape index (κ2) is 5.02. The molecule has 3 nitrogen and oxygen atoms in total. The molecule has 2 aromatic carbocycles. The molecule has 90 valence electrons. The van der Waals surface area contributed by atoms with Crippen molar-refractivity contribution in [2.24, 2.45) is 0 Å². The van der Waals surface area contributed by atoms with E-state index in [0.29, 0.717) is 5.02 Å². The third-order valence-electron chi connectivity index (χ3n) is 2.42. The standard InChI is InChI=1S/C14H9ClO3/c15-11-3-1-2-10(8-11)14(18)13(17)9-4-6-12(16)7-5-9/h1-8,16H. The first-order chi connectivity index (χ1) is 8.58. The Labute approximate surface area is 109 Å². The fourth-order valence-electron chi connectivity index (χ4n) is 1.50. The molecule has 18 heavy (non-hydrogen) atoms. The first-order valence-electron chi connectivity index (χ1n) is 5.21. The molecule has 0 bridgehead atoms. The Kier molecular flexibility index (Phi) is 3.44. The van der Waals surface area contributed by atoms with Crippen molar-refractivity contribution >= 4 is 23.2 Å². The Morgan fingerprint density at radius 1 is 0.889 bits per heavy atom. The van der Waals surface area contributed by atoms with Gasteiger partial charge in [0.15, 0.2) is 0 Å². The average molecular weight is 261 g/mol. The molecule has 2 rings (SSSR count). The lowest BCUT2D eigenvalue weighted by Crippen LogP contribution is -2.14. The number of Topliss-reactive ketones (excluding diaryl/α,β-unsaturated/α-hetero) is 2. The van der Waals surface area contributed by atoms with E-state index in [0.717, 1.165) is 0 Å². The van der Waals surface area contributed by atoms with E-state index in [4.69, 9.17) is 16.7 Å². The summed E-state index contributed by atoms with van der Waals surface area (Å²) in [7, 11) is 0. The summed E-state index contributed by atoms with van der Waals surface area (Å²) in [5.41, 5.74) is 0.485. The van der Waals surface area contributed by atoms with Gasteiger partial charge in [-0.25, -0.2) is 0 Å². The van der Waals surface area contributed by atoms with Crippen LogP contribution < -0.4 is 0 Å². The van der Waals surface area contributed by atoms with Gasteiger partial charge in [-0.15, -0.1) is 0 Å². The van der Waals surface area contributed by atoms with Crippen molar-refractivity contribution in [3.05, 3.63) is 64.7 Å². The van der Waals surface area contributed by atoms with Gasteiger partial charge in [0.05, 0.1) is 0 Å². The lowest BCUT2D eigenvalue weighted by molar-refractivity contribution is 0.0817. The maximum absolute atomic E-state index is 11.9. The van der Waals surface area contributed by atoms with Crippen LogP contribution >= 0.6 is 11.6 Å². The maximum Gasteiger partial charge on any atom is 0.233 e. The summed E-state index contributed by atoms with van der Waals surface area (Å²) in [6.45, 7) is 0. The van der Waals surface area contributed by atoms with E-state index in [1.165, 1.54) is 36.4 Å². The molecule has 0 aliphatic rings. The van der Waals surface area contributed by atoms with Crippen LogP contribution in [-0.2, 0) is 0 Å². The number of aromatic hydroxyl groups is 1. The van der Waals surface area contributed by atoms with Gasteiger partial charge in [-0.05, 0) is 36.4 Å². The Morgan fingerprint density at radius 2 is 1.50 bits per heavy atom. The van der Waals surface area contributed by atoms with Gasteiger partial charge in [0.2, 0.25) is 11.6 Å². The van der Waals surface area contributed by atoms with Crippen molar-refractivity contribution in [3.63, 3.8) is 0 Å². The predicted molar refractivity (Wildman–Crippen MR) is 68.2 cm³/mol. The number of phenols is 1. The molecule has 0 aliphatic heterocycles. The molecule has 0 saturated heterocycles. The van der Waals surface area contributed by atoms with Gasteiger partial charge in [0.1, 0.15) is 5.75 Å². The van der Waals surface area contributed by atoms with Crippen LogP contribution in [0.25, 0.3) is 0 Å². The molecule has 0 saturated carbocycles. The van der Waals surface area contributed by atoms with E-state index in [2.05, 4.69) is 0 Å². The highest BCUT2D eigenvalue weighted by atomic mass is 35.5.